The maximum atomic E-state index is 12.2. The monoisotopic (exact) mass is 333 g/mol. The molecule has 0 saturated carbocycles. The molecule has 2 N–H and O–H groups in total. The van der Waals surface area contributed by atoms with E-state index in [1.54, 1.807) is 24.3 Å². The highest BCUT2D eigenvalue weighted by Crippen LogP contribution is 2.13. The second kappa shape index (κ2) is 9.39. The van der Waals surface area contributed by atoms with Crippen LogP contribution in [0.2, 0.25) is 0 Å². The Morgan fingerprint density at radius 1 is 1.29 bits per heavy atom. The second-order valence-corrected chi connectivity index (χ2v) is 5.94. The Balaban J connectivity index is 1.87. The molecule has 1 aromatic rings. The summed E-state index contributed by atoms with van der Waals surface area (Å²) in [5.74, 6) is -0.221. The fraction of sp³-hybridized carbons (Fsp3) is 0.556. The number of carbonyl (C=O) groups is 2. The van der Waals surface area contributed by atoms with Crippen molar-refractivity contribution in [2.24, 2.45) is 0 Å². The molecule has 1 atom stereocenters. The fourth-order valence-electron chi connectivity index (χ4n) is 2.70. The Bertz CT molecular complexity index is 552. The van der Waals surface area contributed by atoms with Gasteiger partial charge in [0.25, 0.3) is 5.91 Å². The molecule has 1 fully saturated rings. The summed E-state index contributed by atoms with van der Waals surface area (Å²) in [5.41, 5.74) is 1.17. The normalized spacial score (nSPS) is 17.0. The highest BCUT2D eigenvalue weighted by atomic mass is 16.5. The van der Waals surface area contributed by atoms with Crippen molar-refractivity contribution in [2.45, 2.75) is 32.8 Å². The van der Waals surface area contributed by atoms with E-state index in [1.807, 2.05) is 18.7 Å². The predicted molar refractivity (Wildman–Crippen MR) is 94.2 cm³/mol. The molecule has 6 heteroatoms. The average molecular weight is 333 g/mol. The van der Waals surface area contributed by atoms with Crippen molar-refractivity contribution in [1.82, 2.24) is 10.2 Å². The van der Waals surface area contributed by atoms with Gasteiger partial charge in [-0.3, -0.25) is 14.5 Å². The van der Waals surface area contributed by atoms with E-state index in [2.05, 4.69) is 10.6 Å². The number of rotatable bonds is 8. The molecule has 0 spiro atoms. The minimum absolute atomic E-state index is 0.0735. The van der Waals surface area contributed by atoms with Gasteiger partial charge in [0.1, 0.15) is 0 Å². The third kappa shape index (κ3) is 5.62. The number of likely N-dealkylation sites (N-methyl/N-ethyl adjacent to an activating group) is 1. The van der Waals surface area contributed by atoms with E-state index < -0.39 is 0 Å². The number of nitrogens with one attached hydrogen (secondary N) is 2. The minimum Gasteiger partial charge on any atom is -0.376 e. The van der Waals surface area contributed by atoms with Crippen molar-refractivity contribution in [1.29, 1.82) is 0 Å². The van der Waals surface area contributed by atoms with Crippen LogP contribution < -0.4 is 10.6 Å². The zero-order valence-corrected chi connectivity index (χ0v) is 14.5. The Hall–Kier alpha value is -1.92. The van der Waals surface area contributed by atoms with Crippen LogP contribution in [0.4, 0.5) is 5.69 Å². The fourth-order valence-corrected chi connectivity index (χ4v) is 2.70. The number of hydrogen-bond donors (Lipinski definition) is 2. The molecule has 1 unspecified atom stereocenters. The van der Waals surface area contributed by atoms with Crippen LogP contribution in [-0.2, 0) is 9.53 Å². The van der Waals surface area contributed by atoms with Crippen molar-refractivity contribution < 1.29 is 14.3 Å². The molecule has 2 rings (SSSR count). The topological polar surface area (TPSA) is 70.7 Å². The first-order valence-electron chi connectivity index (χ1n) is 8.64. The van der Waals surface area contributed by atoms with Crippen LogP contribution >= 0.6 is 0 Å². The maximum Gasteiger partial charge on any atom is 0.251 e. The molecule has 6 nitrogen and oxygen atoms in total. The number of hydrogen-bond acceptors (Lipinski definition) is 4. The summed E-state index contributed by atoms with van der Waals surface area (Å²) in [5, 5.41) is 5.74. The smallest absolute Gasteiger partial charge is 0.251 e. The van der Waals surface area contributed by atoms with Gasteiger partial charge in [0.05, 0.1) is 12.6 Å². The van der Waals surface area contributed by atoms with E-state index in [0.29, 0.717) is 24.3 Å². The molecule has 0 bridgehead atoms. The van der Waals surface area contributed by atoms with Crippen LogP contribution in [0.1, 0.15) is 37.0 Å². The summed E-state index contributed by atoms with van der Waals surface area (Å²) in [6.07, 6.45) is 2.15. The first-order valence-corrected chi connectivity index (χ1v) is 8.64. The molecule has 0 radical (unpaired) electrons. The van der Waals surface area contributed by atoms with Crippen LogP contribution in [0.15, 0.2) is 24.3 Å². The molecule has 132 valence electrons. The summed E-state index contributed by atoms with van der Waals surface area (Å²) in [6.45, 7) is 7.35. The number of nitrogens with zero attached hydrogens (tertiary/aromatic N) is 1. The van der Waals surface area contributed by atoms with Gasteiger partial charge in [0.15, 0.2) is 0 Å². The summed E-state index contributed by atoms with van der Waals surface area (Å²) < 4.78 is 5.50. The number of amides is 2. The highest BCUT2D eigenvalue weighted by Gasteiger charge is 2.17. The van der Waals surface area contributed by atoms with Crippen molar-refractivity contribution in [3.63, 3.8) is 0 Å². The van der Waals surface area contributed by atoms with Gasteiger partial charge in [0.2, 0.25) is 5.91 Å². The lowest BCUT2D eigenvalue weighted by molar-refractivity contribution is -0.117. The molecule has 0 aliphatic carbocycles. The van der Waals surface area contributed by atoms with Crippen molar-refractivity contribution in [3.8, 4) is 0 Å². The molecular formula is C18H27N3O3. The quantitative estimate of drug-likeness (QED) is 0.762. The maximum absolute atomic E-state index is 12.2. The second-order valence-electron chi connectivity index (χ2n) is 5.94. The molecule has 1 heterocycles. The van der Waals surface area contributed by atoms with Gasteiger partial charge in [-0.25, -0.2) is 0 Å². The zero-order chi connectivity index (χ0) is 17.4. The van der Waals surface area contributed by atoms with E-state index in [4.69, 9.17) is 4.74 Å². The van der Waals surface area contributed by atoms with Crippen LogP contribution in [0.25, 0.3) is 0 Å². The number of ether oxygens (including phenoxy) is 1. The SMILES string of the molecule is CCN(CC)CC(=O)Nc1cccc(C(=O)NCC2CCCO2)c1. The van der Waals surface area contributed by atoms with E-state index in [-0.39, 0.29) is 17.9 Å². The third-order valence-corrected chi connectivity index (χ3v) is 4.18. The van der Waals surface area contributed by atoms with E-state index in [0.717, 1.165) is 32.5 Å². The molecule has 24 heavy (non-hydrogen) atoms. The zero-order valence-electron chi connectivity index (χ0n) is 14.5. The molecule has 1 aliphatic rings. The van der Waals surface area contributed by atoms with Gasteiger partial charge in [-0.15, -0.1) is 0 Å². The van der Waals surface area contributed by atoms with Gasteiger partial charge in [-0.05, 0) is 44.1 Å². The average Bonchev–Trinajstić information content (AvgIpc) is 3.11. The number of anilines is 1. The van der Waals surface area contributed by atoms with E-state index in [9.17, 15) is 9.59 Å². The first-order chi connectivity index (χ1) is 11.6. The Kier molecular flexibility index (Phi) is 7.21. The molecule has 1 aromatic carbocycles. The Labute approximate surface area is 143 Å². The van der Waals surface area contributed by atoms with Crippen molar-refractivity contribution in [2.75, 3.05) is 38.1 Å². The summed E-state index contributed by atoms with van der Waals surface area (Å²) >= 11 is 0. The standard InChI is InChI=1S/C18H27N3O3/c1-3-21(4-2)13-17(22)20-15-8-5-7-14(11-15)18(23)19-12-16-9-6-10-24-16/h5,7-8,11,16H,3-4,6,9-10,12-13H2,1-2H3,(H,19,23)(H,20,22). The molecule has 1 aliphatic heterocycles. The Morgan fingerprint density at radius 3 is 2.75 bits per heavy atom. The minimum atomic E-state index is -0.148. The van der Waals surface area contributed by atoms with Crippen LogP contribution in [-0.4, -0.2) is 55.6 Å². The van der Waals surface area contributed by atoms with Gasteiger partial charge < -0.3 is 15.4 Å². The summed E-state index contributed by atoms with van der Waals surface area (Å²) in [6, 6.07) is 7.00. The van der Waals surface area contributed by atoms with E-state index in [1.165, 1.54) is 0 Å². The molecule has 1 saturated heterocycles. The Morgan fingerprint density at radius 2 is 2.08 bits per heavy atom. The van der Waals surface area contributed by atoms with Gasteiger partial charge in [-0.2, -0.15) is 0 Å². The molecule has 0 aromatic heterocycles. The number of carbonyl (C=O) groups excluding carboxylic acids is 2. The van der Waals surface area contributed by atoms with Crippen molar-refractivity contribution >= 4 is 17.5 Å². The predicted octanol–water partition coefficient (Wildman–Crippen LogP) is 1.88. The highest BCUT2D eigenvalue weighted by molar-refractivity contribution is 5.97. The lowest BCUT2D eigenvalue weighted by Crippen LogP contribution is -2.33. The van der Waals surface area contributed by atoms with Gasteiger partial charge >= 0.3 is 0 Å². The molecular weight excluding hydrogens is 306 g/mol. The van der Waals surface area contributed by atoms with Gasteiger partial charge in [0, 0.05) is 24.4 Å². The molecule has 2 amide bonds. The lowest BCUT2D eigenvalue weighted by Gasteiger charge is -2.17. The van der Waals surface area contributed by atoms with Crippen LogP contribution in [0.5, 0.6) is 0 Å². The lowest BCUT2D eigenvalue weighted by atomic mass is 10.1. The van der Waals surface area contributed by atoms with Crippen LogP contribution in [0, 0.1) is 0 Å². The summed E-state index contributed by atoms with van der Waals surface area (Å²) in [4.78, 5) is 26.3. The largest absolute Gasteiger partial charge is 0.376 e. The van der Waals surface area contributed by atoms with E-state index >= 15 is 0 Å². The summed E-state index contributed by atoms with van der Waals surface area (Å²) in [7, 11) is 0. The van der Waals surface area contributed by atoms with Gasteiger partial charge in [-0.1, -0.05) is 19.9 Å². The first kappa shape index (κ1) is 18.4. The van der Waals surface area contributed by atoms with Crippen molar-refractivity contribution in [3.05, 3.63) is 29.8 Å². The third-order valence-electron chi connectivity index (χ3n) is 4.18. The number of benzene rings is 1. The van der Waals surface area contributed by atoms with Crippen LogP contribution in [0.3, 0.4) is 0 Å².